The zero-order chi connectivity index (χ0) is 24.0. The number of aryl methyl sites for hydroxylation is 2. The summed E-state index contributed by atoms with van der Waals surface area (Å²) < 4.78 is 5.40. The van der Waals surface area contributed by atoms with E-state index in [4.69, 9.17) is 16.3 Å². The van der Waals surface area contributed by atoms with Crippen LogP contribution in [0.2, 0.25) is 5.02 Å². The molecule has 0 unspecified atom stereocenters. The first kappa shape index (κ1) is 25.0. The van der Waals surface area contributed by atoms with Gasteiger partial charge in [-0.3, -0.25) is 9.78 Å². The Morgan fingerprint density at radius 3 is 2.76 bits per heavy atom. The van der Waals surface area contributed by atoms with E-state index >= 15 is 0 Å². The van der Waals surface area contributed by atoms with Crippen molar-refractivity contribution < 1.29 is 14.6 Å². The summed E-state index contributed by atoms with van der Waals surface area (Å²) in [5.74, 6) is 0.0922. The Kier molecular flexibility index (Phi) is 8.46. The number of ether oxygens (including phenoxy) is 1. The third-order valence-electron chi connectivity index (χ3n) is 7.23. The number of methoxy groups -OCH3 is 1. The van der Waals surface area contributed by atoms with Gasteiger partial charge in [-0.15, -0.1) is 0 Å². The molecule has 0 saturated carbocycles. The van der Waals surface area contributed by atoms with Gasteiger partial charge in [0.1, 0.15) is 5.75 Å². The number of piperidine rings is 1. The summed E-state index contributed by atoms with van der Waals surface area (Å²) in [6.07, 6.45) is 8.71. The summed E-state index contributed by atoms with van der Waals surface area (Å²) in [6, 6.07) is 8.05. The minimum absolute atomic E-state index is 0.136. The van der Waals surface area contributed by atoms with E-state index in [1.807, 2.05) is 18.2 Å². The van der Waals surface area contributed by atoms with Gasteiger partial charge in [0.05, 0.1) is 24.1 Å². The number of hydrogen-bond acceptors (Lipinski definition) is 5. The van der Waals surface area contributed by atoms with Crippen LogP contribution in [0.5, 0.6) is 5.75 Å². The average molecular weight is 501 g/mol. The van der Waals surface area contributed by atoms with Crippen molar-refractivity contribution in [2.75, 3.05) is 26.7 Å². The molecule has 1 fully saturated rings. The highest BCUT2D eigenvalue weighted by Gasteiger charge is 2.36. The molecular formula is C27H33ClN2O3S. The number of rotatable bonds is 11. The molecule has 2 aromatic heterocycles. The molecule has 5 nitrogen and oxygen atoms in total. The van der Waals surface area contributed by atoms with E-state index in [1.165, 1.54) is 5.56 Å². The van der Waals surface area contributed by atoms with Crippen LogP contribution in [-0.4, -0.2) is 47.7 Å². The molecule has 1 aliphatic rings. The first-order valence-corrected chi connectivity index (χ1v) is 13.4. The number of halogens is 1. The van der Waals surface area contributed by atoms with Crippen molar-refractivity contribution >= 4 is 39.8 Å². The van der Waals surface area contributed by atoms with Crippen LogP contribution < -0.4 is 4.74 Å². The molecule has 4 rings (SSSR count). The van der Waals surface area contributed by atoms with E-state index in [0.717, 1.165) is 86.8 Å². The second-order valence-corrected chi connectivity index (χ2v) is 10.7. The topological polar surface area (TPSA) is 62.7 Å². The molecule has 1 N–H and O–H groups in total. The number of fused-ring (bicyclic) bond motifs is 1. The number of carboxylic acid groups (broad SMARTS) is 1. The molecule has 34 heavy (non-hydrogen) atoms. The standard InChI is InChI=1S/C27H33ClN2O3S/c1-33-21-6-7-25-23(16-21)22(24(28)18-29-25)5-2-9-27(17-26(31)32)10-13-30(14-11-27)12-3-4-20-8-15-34-19-20/h6-8,15-16,18-19H,2-5,9-14,17H2,1H3,(H,31,32). The quantitative estimate of drug-likeness (QED) is 0.327. The number of pyridine rings is 1. The van der Waals surface area contributed by atoms with Crippen molar-refractivity contribution in [1.29, 1.82) is 0 Å². The molecule has 0 atom stereocenters. The van der Waals surface area contributed by atoms with E-state index < -0.39 is 5.97 Å². The number of nitrogens with zero attached hydrogens (tertiary/aromatic N) is 2. The van der Waals surface area contributed by atoms with Gasteiger partial charge in [0.15, 0.2) is 0 Å². The highest BCUT2D eigenvalue weighted by atomic mass is 35.5. The van der Waals surface area contributed by atoms with E-state index in [0.29, 0.717) is 5.02 Å². The van der Waals surface area contributed by atoms with Crippen LogP contribution >= 0.6 is 22.9 Å². The molecule has 3 aromatic rings. The van der Waals surface area contributed by atoms with Crippen LogP contribution in [0.15, 0.2) is 41.2 Å². The van der Waals surface area contributed by atoms with Crippen LogP contribution in [0.3, 0.4) is 0 Å². The van der Waals surface area contributed by atoms with E-state index in [9.17, 15) is 9.90 Å². The van der Waals surface area contributed by atoms with Gasteiger partial charge in [0.2, 0.25) is 0 Å². The first-order valence-electron chi connectivity index (χ1n) is 12.0. The number of carboxylic acids is 1. The van der Waals surface area contributed by atoms with Gasteiger partial charge >= 0.3 is 5.97 Å². The monoisotopic (exact) mass is 500 g/mol. The molecule has 0 bridgehead atoms. The van der Waals surface area contributed by atoms with Gasteiger partial charge < -0.3 is 14.7 Å². The van der Waals surface area contributed by atoms with Crippen molar-refractivity contribution in [2.24, 2.45) is 5.41 Å². The lowest BCUT2D eigenvalue weighted by Gasteiger charge is -2.41. The highest BCUT2D eigenvalue weighted by molar-refractivity contribution is 7.07. The number of aliphatic carboxylic acids is 1. The fourth-order valence-electron chi connectivity index (χ4n) is 5.25. The zero-order valence-electron chi connectivity index (χ0n) is 19.8. The summed E-state index contributed by atoms with van der Waals surface area (Å²) in [5, 5.41) is 15.7. The SMILES string of the molecule is COc1ccc2ncc(Cl)c(CCCC3(CC(=O)O)CCN(CCCc4ccsc4)CC3)c2c1. The van der Waals surface area contributed by atoms with Gasteiger partial charge in [-0.2, -0.15) is 11.3 Å². The lowest BCUT2D eigenvalue weighted by atomic mass is 9.72. The van der Waals surface area contributed by atoms with Crippen molar-refractivity contribution in [2.45, 2.75) is 51.4 Å². The van der Waals surface area contributed by atoms with Gasteiger partial charge in [-0.1, -0.05) is 11.6 Å². The fourth-order valence-corrected chi connectivity index (χ4v) is 6.20. The minimum atomic E-state index is -0.692. The van der Waals surface area contributed by atoms with Crippen LogP contribution in [-0.2, 0) is 17.6 Å². The zero-order valence-corrected chi connectivity index (χ0v) is 21.3. The Labute approximate surface area is 210 Å². The van der Waals surface area contributed by atoms with Crippen molar-refractivity contribution in [3.8, 4) is 5.75 Å². The lowest BCUT2D eigenvalue weighted by Crippen LogP contribution is -2.41. The number of carbonyl (C=O) groups is 1. The predicted octanol–water partition coefficient (Wildman–Crippen LogP) is 6.47. The Morgan fingerprint density at radius 2 is 2.06 bits per heavy atom. The predicted molar refractivity (Wildman–Crippen MR) is 139 cm³/mol. The van der Waals surface area contributed by atoms with Gasteiger partial charge in [-0.25, -0.2) is 0 Å². The third-order valence-corrected chi connectivity index (χ3v) is 8.29. The number of aromatic nitrogens is 1. The summed E-state index contributed by atoms with van der Waals surface area (Å²) in [4.78, 5) is 18.7. The summed E-state index contributed by atoms with van der Waals surface area (Å²) in [6.45, 7) is 3.04. The maximum absolute atomic E-state index is 11.7. The normalized spacial score (nSPS) is 16.1. The van der Waals surface area contributed by atoms with Crippen molar-refractivity contribution in [1.82, 2.24) is 9.88 Å². The average Bonchev–Trinajstić information content (AvgIpc) is 3.35. The molecule has 1 aromatic carbocycles. The summed E-state index contributed by atoms with van der Waals surface area (Å²) in [7, 11) is 1.66. The van der Waals surface area contributed by atoms with Crippen molar-refractivity contribution in [3.63, 3.8) is 0 Å². The number of likely N-dealkylation sites (tertiary alicyclic amines) is 1. The van der Waals surface area contributed by atoms with Crippen LogP contribution in [0.4, 0.5) is 0 Å². The van der Waals surface area contributed by atoms with Crippen LogP contribution in [0.25, 0.3) is 10.9 Å². The maximum Gasteiger partial charge on any atom is 0.303 e. The largest absolute Gasteiger partial charge is 0.497 e. The molecule has 3 heterocycles. The minimum Gasteiger partial charge on any atom is -0.497 e. The van der Waals surface area contributed by atoms with Gasteiger partial charge in [-0.05, 0) is 116 Å². The summed E-state index contributed by atoms with van der Waals surface area (Å²) in [5.41, 5.74) is 3.25. The second kappa shape index (κ2) is 11.5. The molecule has 1 aliphatic heterocycles. The number of hydrogen-bond donors (Lipinski definition) is 1. The smallest absolute Gasteiger partial charge is 0.303 e. The molecule has 182 valence electrons. The van der Waals surface area contributed by atoms with Crippen LogP contribution in [0, 0.1) is 5.41 Å². The Bertz CT molecular complexity index is 1090. The molecule has 0 radical (unpaired) electrons. The Morgan fingerprint density at radius 1 is 1.24 bits per heavy atom. The van der Waals surface area contributed by atoms with Gasteiger partial charge in [0.25, 0.3) is 0 Å². The fraction of sp³-hybridized carbons (Fsp3) is 0.481. The Hall–Kier alpha value is -2.15. The van der Waals surface area contributed by atoms with Gasteiger partial charge in [0, 0.05) is 11.6 Å². The first-order chi connectivity index (χ1) is 16.5. The van der Waals surface area contributed by atoms with E-state index in [1.54, 1.807) is 24.6 Å². The molecule has 0 aliphatic carbocycles. The molecular weight excluding hydrogens is 468 g/mol. The Balaban J connectivity index is 1.36. The summed E-state index contributed by atoms with van der Waals surface area (Å²) >= 11 is 8.29. The number of benzene rings is 1. The molecule has 0 spiro atoms. The highest BCUT2D eigenvalue weighted by Crippen LogP contribution is 2.40. The number of thiophene rings is 1. The van der Waals surface area contributed by atoms with E-state index in [2.05, 4.69) is 26.7 Å². The lowest BCUT2D eigenvalue weighted by molar-refractivity contribution is -0.140. The van der Waals surface area contributed by atoms with E-state index in [-0.39, 0.29) is 11.8 Å². The molecule has 0 amide bonds. The second-order valence-electron chi connectivity index (χ2n) is 9.47. The molecule has 7 heteroatoms. The molecule has 1 saturated heterocycles. The van der Waals surface area contributed by atoms with Crippen molar-refractivity contribution in [3.05, 3.63) is 57.4 Å². The van der Waals surface area contributed by atoms with Crippen LogP contribution in [0.1, 0.15) is 49.7 Å². The maximum atomic E-state index is 11.7. The third kappa shape index (κ3) is 6.29.